The number of hydrogen-bond donors (Lipinski definition) is 2. The van der Waals surface area contributed by atoms with E-state index in [4.69, 9.17) is 5.73 Å². The molecule has 2 fully saturated rings. The molecule has 7 heteroatoms. The van der Waals surface area contributed by atoms with E-state index >= 15 is 0 Å². The van der Waals surface area contributed by atoms with Gasteiger partial charge in [0.05, 0.1) is 6.10 Å². The lowest BCUT2D eigenvalue weighted by molar-refractivity contribution is -0.135. The van der Waals surface area contributed by atoms with Crippen LogP contribution in [-0.4, -0.2) is 65.2 Å². The summed E-state index contributed by atoms with van der Waals surface area (Å²) in [5.41, 5.74) is 8.85. The molecule has 1 saturated heterocycles. The van der Waals surface area contributed by atoms with Gasteiger partial charge in [0.1, 0.15) is 0 Å². The van der Waals surface area contributed by atoms with E-state index in [1.807, 2.05) is 4.90 Å². The molecule has 152 valence electrons. The Bertz CT molecular complexity index is 610. The molecule has 0 spiro atoms. The van der Waals surface area contributed by atoms with E-state index in [9.17, 15) is 9.90 Å². The van der Waals surface area contributed by atoms with Crippen molar-refractivity contribution < 1.29 is 9.90 Å². The maximum Gasteiger partial charge on any atom is 0.225 e. The molecule has 27 heavy (non-hydrogen) atoms. The summed E-state index contributed by atoms with van der Waals surface area (Å²) in [6, 6.07) is 9.09. The van der Waals surface area contributed by atoms with Gasteiger partial charge in [-0.2, -0.15) is 0 Å². The lowest BCUT2D eigenvalue weighted by Gasteiger charge is -2.28. The van der Waals surface area contributed by atoms with Gasteiger partial charge in [-0.1, -0.05) is 24.3 Å². The van der Waals surface area contributed by atoms with Crippen LogP contribution in [0.15, 0.2) is 24.3 Å². The van der Waals surface area contributed by atoms with E-state index < -0.39 is 6.10 Å². The van der Waals surface area contributed by atoms with Crippen LogP contribution in [0.1, 0.15) is 30.4 Å². The number of hydrogen-bond acceptors (Lipinski definition) is 4. The van der Waals surface area contributed by atoms with E-state index in [2.05, 4.69) is 29.2 Å². The van der Waals surface area contributed by atoms with Gasteiger partial charge in [-0.05, 0) is 43.2 Å². The van der Waals surface area contributed by atoms with Gasteiger partial charge in [0.2, 0.25) is 5.91 Å². The molecule has 5 nitrogen and oxygen atoms in total. The van der Waals surface area contributed by atoms with Gasteiger partial charge < -0.3 is 15.7 Å². The molecule has 1 aliphatic heterocycles. The lowest BCUT2D eigenvalue weighted by atomic mass is 10.1. The molecule has 0 unspecified atom stereocenters. The highest BCUT2D eigenvalue weighted by Gasteiger charge is 2.37. The fraction of sp³-hybridized carbons (Fsp3) is 0.650. The molecule has 1 aromatic carbocycles. The summed E-state index contributed by atoms with van der Waals surface area (Å²) in [5.74, 6) is 0.107. The van der Waals surface area contributed by atoms with Crippen molar-refractivity contribution in [2.45, 2.75) is 50.3 Å². The minimum absolute atomic E-state index is 0. The number of rotatable bonds is 2. The van der Waals surface area contributed by atoms with E-state index in [1.165, 1.54) is 11.1 Å². The molecule has 0 bridgehead atoms. The molecule has 1 aromatic rings. The molecule has 0 aromatic heterocycles. The van der Waals surface area contributed by atoms with Crippen molar-refractivity contribution >= 4 is 30.7 Å². The standard InChI is InChI=1S/C20H29N3O2.2ClH/c21-18-12-16(13-19(18)24)20(25)23-7-3-6-22(8-9-23)17-10-14-4-1-2-5-15(14)11-17;;/h1-2,4-5,16-19,24H,3,6-13,21H2;2*1H/t16-,18-,19-;;/m0../s1. The zero-order chi connectivity index (χ0) is 17.4. The minimum atomic E-state index is -0.519. The first kappa shape index (κ1) is 22.4. The van der Waals surface area contributed by atoms with Crippen LogP contribution < -0.4 is 5.73 Å². The minimum Gasteiger partial charge on any atom is -0.391 e. The number of amides is 1. The first-order valence-electron chi connectivity index (χ1n) is 9.65. The number of nitrogens with two attached hydrogens (primary N) is 1. The first-order chi connectivity index (χ1) is 12.1. The monoisotopic (exact) mass is 415 g/mol. The molecule has 1 saturated carbocycles. The van der Waals surface area contributed by atoms with Crippen molar-refractivity contribution in [1.29, 1.82) is 0 Å². The second-order valence-electron chi connectivity index (χ2n) is 7.95. The fourth-order valence-electron chi connectivity index (χ4n) is 4.82. The Labute approximate surface area is 174 Å². The van der Waals surface area contributed by atoms with E-state index in [1.54, 1.807) is 0 Å². The third kappa shape index (κ3) is 4.77. The second-order valence-corrected chi connectivity index (χ2v) is 7.95. The summed E-state index contributed by atoms with van der Waals surface area (Å²) >= 11 is 0. The number of aliphatic hydroxyl groups excluding tert-OH is 1. The summed E-state index contributed by atoms with van der Waals surface area (Å²) in [6.07, 6.45) is 3.92. The maximum absolute atomic E-state index is 12.8. The second kappa shape index (κ2) is 9.57. The third-order valence-electron chi connectivity index (χ3n) is 6.31. The topological polar surface area (TPSA) is 69.8 Å². The Morgan fingerprint density at radius 2 is 1.67 bits per heavy atom. The van der Waals surface area contributed by atoms with Gasteiger partial charge in [0.15, 0.2) is 0 Å². The van der Waals surface area contributed by atoms with Gasteiger partial charge >= 0.3 is 0 Å². The quantitative estimate of drug-likeness (QED) is 0.769. The maximum atomic E-state index is 12.8. The molecule has 4 rings (SSSR count). The van der Waals surface area contributed by atoms with Crippen molar-refractivity contribution in [2.75, 3.05) is 26.2 Å². The van der Waals surface area contributed by atoms with Crippen LogP contribution in [-0.2, 0) is 17.6 Å². The van der Waals surface area contributed by atoms with Gasteiger partial charge in [-0.25, -0.2) is 0 Å². The number of carbonyl (C=O) groups is 1. The van der Waals surface area contributed by atoms with Gasteiger partial charge in [-0.3, -0.25) is 9.69 Å². The van der Waals surface area contributed by atoms with Crippen molar-refractivity contribution in [3.05, 3.63) is 35.4 Å². The number of fused-ring (bicyclic) bond motifs is 1. The Balaban J connectivity index is 0.00000131. The predicted molar refractivity (Wildman–Crippen MR) is 112 cm³/mol. The third-order valence-corrected chi connectivity index (χ3v) is 6.31. The predicted octanol–water partition coefficient (Wildman–Crippen LogP) is 1.63. The normalized spacial score (nSPS) is 28.8. The molecular weight excluding hydrogens is 385 g/mol. The van der Waals surface area contributed by atoms with Crippen LogP contribution in [0.5, 0.6) is 0 Å². The van der Waals surface area contributed by atoms with Crippen LogP contribution >= 0.6 is 24.8 Å². The van der Waals surface area contributed by atoms with Gasteiger partial charge in [0, 0.05) is 44.2 Å². The lowest BCUT2D eigenvalue weighted by Crippen LogP contribution is -2.41. The smallest absolute Gasteiger partial charge is 0.225 e. The largest absolute Gasteiger partial charge is 0.391 e. The van der Waals surface area contributed by atoms with Crippen LogP contribution in [0.25, 0.3) is 0 Å². The molecule has 3 N–H and O–H groups in total. The van der Waals surface area contributed by atoms with Gasteiger partial charge in [-0.15, -0.1) is 24.8 Å². The van der Waals surface area contributed by atoms with Crippen LogP contribution in [0, 0.1) is 5.92 Å². The average molecular weight is 416 g/mol. The van der Waals surface area contributed by atoms with Crippen molar-refractivity contribution in [2.24, 2.45) is 11.7 Å². The SMILES string of the molecule is Cl.Cl.N[C@H]1C[C@H](C(=O)N2CCCN(C3Cc4ccccc4C3)CC2)C[C@@H]1O. The Hall–Kier alpha value is -0.850. The highest BCUT2D eigenvalue weighted by atomic mass is 35.5. The molecule has 1 heterocycles. The zero-order valence-corrected chi connectivity index (χ0v) is 17.3. The molecular formula is C20H31Cl2N3O2. The molecule has 3 aliphatic rings. The first-order valence-corrected chi connectivity index (χ1v) is 9.65. The summed E-state index contributed by atoms with van der Waals surface area (Å²) < 4.78 is 0. The number of benzene rings is 1. The number of carbonyl (C=O) groups excluding carboxylic acids is 1. The summed E-state index contributed by atoms with van der Waals surface area (Å²) in [7, 11) is 0. The Kier molecular flexibility index (Phi) is 7.95. The van der Waals surface area contributed by atoms with E-state index in [0.29, 0.717) is 18.9 Å². The van der Waals surface area contributed by atoms with E-state index in [-0.39, 0.29) is 42.7 Å². The highest BCUT2D eigenvalue weighted by Crippen LogP contribution is 2.28. The van der Waals surface area contributed by atoms with Crippen molar-refractivity contribution in [1.82, 2.24) is 9.80 Å². The van der Waals surface area contributed by atoms with Crippen molar-refractivity contribution in [3.8, 4) is 0 Å². The number of aliphatic hydroxyl groups is 1. The number of halogens is 2. The molecule has 3 atom stereocenters. The van der Waals surface area contributed by atoms with Crippen LogP contribution in [0.3, 0.4) is 0 Å². The summed E-state index contributed by atoms with van der Waals surface area (Å²) in [6.45, 7) is 3.64. The molecule has 0 radical (unpaired) electrons. The number of nitrogens with zero attached hydrogens (tertiary/aromatic N) is 2. The zero-order valence-electron chi connectivity index (χ0n) is 15.6. The molecule has 2 aliphatic carbocycles. The molecule has 1 amide bonds. The summed E-state index contributed by atoms with van der Waals surface area (Å²) in [5, 5.41) is 9.84. The van der Waals surface area contributed by atoms with Crippen molar-refractivity contribution in [3.63, 3.8) is 0 Å². The van der Waals surface area contributed by atoms with Gasteiger partial charge in [0.25, 0.3) is 0 Å². The fourth-order valence-corrected chi connectivity index (χ4v) is 4.82. The highest BCUT2D eigenvalue weighted by molar-refractivity contribution is 5.85. The Morgan fingerprint density at radius 1 is 1.00 bits per heavy atom. The van der Waals surface area contributed by atoms with Crippen LogP contribution in [0.2, 0.25) is 0 Å². The summed E-state index contributed by atoms with van der Waals surface area (Å²) in [4.78, 5) is 17.4. The van der Waals surface area contributed by atoms with E-state index in [0.717, 1.165) is 45.4 Å². The van der Waals surface area contributed by atoms with Crippen LogP contribution in [0.4, 0.5) is 0 Å². The Morgan fingerprint density at radius 3 is 2.26 bits per heavy atom. The average Bonchev–Trinajstić information content (AvgIpc) is 3.09.